The second kappa shape index (κ2) is 8.79. The van der Waals surface area contributed by atoms with Crippen molar-refractivity contribution in [1.82, 2.24) is 25.2 Å². The average molecular weight is 348 g/mol. The molecule has 2 heterocycles. The summed E-state index contributed by atoms with van der Waals surface area (Å²) in [6.45, 7) is 8.02. The number of carbonyl (C=O) groups excluding carboxylic acids is 1. The molecule has 0 unspecified atom stereocenters. The van der Waals surface area contributed by atoms with Gasteiger partial charge in [0.15, 0.2) is 5.69 Å². The van der Waals surface area contributed by atoms with Gasteiger partial charge in [-0.1, -0.05) is 44.7 Å². The van der Waals surface area contributed by atoms with Gasteiger partial charge in [0.05, 0.1) is 12.2 Å². The molecule has 6 heteroatoms. The van der Waals surface area contributed by atoms with Crippen molar-refractivity contribution in [3.63, 3.8) is 0 Å². The Kier molecular flexibility index (Phi) is 6.45. The molecule has 1 aromatic heterocycles. The van der Waals surface area contributed by atoms with E-state index in [1.165, 1.54) is 32.2 Å². The number of nitrogens with zero attached hydrogens (tertiary/aromatic N) is 4. The van der Waals surface area contributed by atoms with Crippen LogP contribution in [0.1, 0.15) is 81.7 Å². The summed E-state index contributed by atoms with van der Waals surface area (Å²) in [7, 11) is 0. The smallest absolute Gasteiger partial charge is 0.273 e. The lowest BCUT2D eigenvalue weighted by molar-refractivity contribution is 0.0932. The van der Waals surface area contributed by atoms with Gasteiger partial charge in [-0.3, -0.25) is 4.79 Å². The van der Waals surface area contributed by atoms with Crippen molar-refractivity contribution in [3.05, 3.63) is 11.9 Å². The first-order valence-corrected chi connectivity index (χ1v) is 10.1. The van der Waals surface area contributed by atoms with E-state index in [4.69, 9.17) is 0 Å². The number of hydrogen-bond acceptors (Lipinski definition) is 4. The summed E-state index contributed by atoms with van der Waals surface area (Å²) in [5.41, 5.74) is 0.464. The van der Waals surface area contributed by atoms with E-state index in [-0.39, 0.29) is 5.91 Å². The van der Waals surface area contributed by atoms with Crippen LogP contribution in [-0.2, 0) is 0 Å². The van der Waals surface area contributed by atoms with E-state index < -0.39 is 0 Å². The molecule has 25 heavy (non-hydrogen) atoms. The van der Waals surface area contributed by atoms with E-state index >= 15 is 0 Å². The quantitative estimate of drug-likeness (QED) is 0.823. The molecule has 0 aromatic carbocycles. The Balaban J connectivity index is 1.49. The summed E-state index contributed by atoms with van der Waals surface area (Å²) in [6, 6.07) is 0.699. The zero-order valence-electron chi connectivity index (χ0n) is 15.8. The van der Waals surface area contributed by atoms with Gasteiger partial charge in [0.2, 0.25) is 0 Å². The molecule has 1 saturated carbocycles. The highest BCUT2D eigenvalue weighted by molar-refractivity contribution is 5.92. The van der Waals surface area contributed by atoms with Gasteiger partial charge in [0.1, 0.15) is 0 Å². The zero-order valence-corrected chi connectivity index (χ0v) is 15.8. The third kappa shape index (κ3) is 4.81. The van der Waals surface area contributed by atoms with Gasteiger partial charge < -0.3 is 10.2 Å². The van der Waals surface area contributed by atoms with Crippen LogP contribution in [0.15, 0.2) is 6.20 Å². The molecule has 3 rings (SSSR count). The lowest BCUT2D eigenvalue weighted by atomic mass is 9.99. The summed E-state index contributed by atoms with van der Waals surface area (Å²) >= 11 is 0. The largest absolute Gasteiger partial charge is 0.348 e. The lowest BCUT2D eigenvalue weighted by Gasteiger charge is -2.33. The topological polar surface area (TPSA) is 63.1 Å². The number of hydrogen-bond donors (Lipinski definition) is 1. The Labute approximate surface area is 151 Å². The molecule has 1 aliphatic carbocycles. The van der Waals surface area contributed by atoms with Gasteiger partial charge in [-0.15, -0.1) is 5.10 Å². The maximum atomic E-state index is 12.3. The van der Waals surface area contributed by atoms with Gasteiger partial charge in [-0.25, -0.2) is 4.68 Å². The van der Waals surface area contributed by atoms with Gasteiger partial charge in [0.25, 0.3) is 5.91 Å². The van der Waals surface area contributed by atoms with Crippen LogP contribution < -0.4 is 5.32 Å². The summed E-state index contributed by atoms with van der Waals surface area (Å²) in [6.07, 6.45) is 11.2. The molecule has 2 fully saturated rings. The van der Waals surface area contributed by atoms with Crippen LogP contribution in [0.3, 0.4) is 0 Å². The van der Waals surface area contributed by atoms with Crippen molar-refractivity contribution < 1.29 is 4.79 Å². The summed E-state index contributed by atoms with van der Waals surface area (Å²) in [5.74, 6) is 0.748. The van der Waals surface area contributed by atoms with Crippen molar-refractivity contribution in [2.24, 2.45) is 5.92 Å². The third-order valence-corrected chi connectivity index (χ3v) is 6.04. The van der Waals surface area contributed by atoms with Crippen LogP contribution in [-0.4, -0.2) is 51.5 Å². The minimum atomic E-state index is -0.0654. The maximum Gasteiger partial charge on any atom is 0.273 e. The number of likely N-dealkylation sites (tertiary alicyclic amines) is 1. The molecule has 1 saturated heterocycles. The summed E-state index contributed by atoms with van der Waals surface area (Å²) in [4.78, 5) is 14.9. The number of carbonyl (C=O) groups is 1. The van der Waals surface area contributed by atoms with Gasteiger partial charge in [-0.05, 0) is 31.6 Å². The number of piperidine rings is 1. The van der Waals surface area contributed by atoms with E-state index in [2.05, 4.69) is 34.4 Å². The molecule has 2 aliphatic rings. The normalized spacial score (nSPS) is 20.4. The summed E-state index contributed by atoms with van der Waals surface area (Å²) < 4.78 is 1.91. The first-order chi connectivity index (χ1) is 12.2. The van der Waals surface area contributed by atoms with Crippen LogP contribution in [0, 0.1) is 5.92 Å². The third-order valence-electron chi connectivity index (χ3n) is 6.04. The lowest BCUT2D eigenvalue weighted by Crippen LogP contribution is -2.37. The Hall–Kier alpha value is -1.43. The molecule has 1 aromatic rings. The fraction of sp³-hybridized carbons (Fsp3) is 0.842. The Bertz CT molecular complexity index is 540. The minimum absolute atomic E-state index is 0.0654. The number of rotatable bonds is 7. The Morgan fingerprint density at radius 2 is 1.88 bits per heavy atom. The van der Waals surface area contributed by atoms with Gasteiger partial charge in [0, 0.05) is 25.7 Å². The molecular formula is C19H33N5O. The van der Waals surface area contributed by atoms with Crippen LogP contribution in [0.25, 0.3) is 0 Å². The second-order valence-electron chi connectivity index (χ2n) is 7.75. The van der Waals surface area contributed by atoms with E-state index in [0.717, 1.165) is 44.7 Å². The fourth-order valence-corrected chi connectivity index (χ4v) is 4.17. The van der Waals surface area contributed by atoms with Crippen molar-refractivity contribution >= 4 is 5.91 Å². The number of nitrogens with one attached hydrogen (secondary N) is 1. The molecular weight excluding hydrogens is 314 g/mol. The first-order valence-electron chi connectivity index (χ1n) is 10.1. The number of amides is 1. The minimum Gasteiger partial charge on any atom is -0.348 e. The predicted octanol–water partition coefficient (Wildman–Crippen LogP) is 3.02. The average Bonchev–Trinajstić information content (AvgIpc) is 3.32. The van der Waals surface area contributed by atoms with E-state index in [1.807, 2.05) is 10.9 Å². The predicted molar refractivity (Wildman–Crippen MR) is 98.5 cm³/mol. The summed E-state index contributed by atoms with van der Waals surface area (Å²) in [5, 5.41) is 11.4. The monoisotopic (exact) mass is 347 g/mol. The molecule has 140 valence electrons. The van der Waals surface area contributed by atoms with Crippen LogP contribution in [0.4, 0.5) is 0 Å². The van der Waals surface area contributed by atoms with Crippen molar-refractivity contribution in [2.45, 2.75) is 77.3 Å². The molecule has 0 radical (unpaired) electrons. The van der Waals surface area contributed by atoms with Gasteiger partial charge in [-0.2, -0.15) is 0 Å². The number of aromatic nitrogens is 3. The molecule has 6 nitrogen and oxygen atoms in total. The first kappa shape index (κ1) is 18.4. The molecule has 0 spiro atoms. The van der Waals surface area contributed by atoms with E-state index in [1.54, 1.807) is 0 Å². The Morgan fingerprint density at radius 3 is 2.52 bits per heavy atom. The maximum absolute atomic E-state index is 12.3. The van der Waals surface area contributed by atoms with Crippen LogP contribution >= 0.6 is 0 Å². The van der Waals surface area contributed by atoms with E-state index in [9.17, 15) is 4.79 Å². The Morgan fingerprint density at radius 1 is 1.20 bits per heavy atom. The highest BCUT2D eigenvalue weighted by Crippen LogP contribution is 2.23. The second-order valence-corrected chi connectivity index (χ2v) is 7.75. The van der Waals surface area contributed by atoms with Crippen molar-refractivity contribution in [3.8, 4) is 0 Å². The molecule has 0 atom stereocenters. The molecule has 1 aliphatic heterocycles. The fourth-order valence-electron chi connectivity index (χ4n) is 4.17. The van der Waals surface area contributed by atoms with E-state index in [0.29, 0.717) is 17.8 Å². The highest BCUT2D eigenvalue weighted by Gasteiger charge is 2.24. The molecule has 0 bridgehead atoms. The van der Waals surface area contributed by atoms with Crippen LogP contribution in [0.2, 0.25) is 0 Å². The zero-order chi connectivity index (χ0) is 17.6. The molecule has 1 N–H and O–H groups in total. The van der Waals surface area contributed by atoms with Gasteiger partial charge >= 0.3 is 0 Å². The standard InChI is InChI=1S/C19H33N5O/c1-3-15(4-2)13-23-11-9-17(10-12-23)24-14-18(21-22-24)19(25)20-16-7-5-6-8-16/h14-17H,3-13H2,1-2H3,(H,20,25). The van der Waals surface area contributed by atoms with Crippen molar-refractivity contribution in [1.29, 1.82) is 0 Å². The van der Waals surface area contributed by atoms with Crippen LogP contribution in [0.5, 0.6) is 0 Å². The van der Waals surface area contributed by atoms with Crippen molar-refractivity contribution in [2.75, 3.05) is 19.6 Å². The highest BCUT2D eigenvalue weighted by atomic mass is 16.2. The SMILES string of the molecule is CCC(CC)CN1CCC(n2cc(C(=O)NC3CCCC3)nn2)CC1. The molecule has 1 amide bonds.